The molecule has 0 spiro atoms. The van der Waals surface area contributed by atoms with Crippen LogP contribution < -0.4 is 9.80 Å². The summed E-state index contributed by atoms with van der Waals surface area (Å²) in [7, 11) is 0. The van der Waals surface area contributed by atoms with Crippen LogP contribution in [0.15, 0.2) is 59.2 Å². The van der Waals surface area contributed by atoms with E-state index in [2.05, 4.69) is 46.0 Å². The first-order valence-electron chi connectivity index (χ1n) is 10.7. The monoisotopic (exact) mass is 436 g/mol. The predicted octanol–water partition coefficient (Wildman–Crippen LogP) is 4.24. The van der Waals surface area contributed by atoms with Gasteiger partial charge in [0.15, 0.2) is 0 Å². The molecule has 1 fully saturated rings. The Kier molecular flexibility index (Phi) is 5.32. The normalized spacial score (nSPS) is 18.4. The van der Waals surface area contributed by atoms with Gasteiger partial charge in [-0.3, -0.25) is 4.79 Å². The number of fused-ring (bicyclic) bond motifs is 1. The number of carbonyl (C=O) groups excluding carboxylic acids is 1. The Morgan fingerprint density at radius 3 is 2.71 bits per heavy atom. The Labute approximate surface area is 187 Å². The molecule has 1 unspecified atom stereocenters. The molecule has 4 heterocycles. The molecule has 31 heavy (non-hydrogen) atoms. The number of hydrogen-bond donors (Lipinski definition) is 0. The fraction of sp³-hybridized carbons (Fsp3) is 0.333. The van der Waals surface area contributed by atoms with Gasteiger partial charge in [0.05, 0.1) is 18.4 Å². The van der Waals surface area contributed by atoms with Gasteiger partial charge in [-0.25, -0.2) is 4.98 Å². The van der Waals surface area contributed by atoms with Crippen molar-refractivity contribution >= 4 is 29.0 Å². The van der Waals surface area contributed by atoms with Crippen LogP contribution in [0, 0.1) is 0 Å². The van der Waals surface area contributed by atoms with Crippen LogP contribution >= 0.6 is 11.6 Å². The summed E-state index contributed by atoms with van der Waals surface area (Å²) in [6, 6.07) is 16.3. The van der Waals surface area contributed by atoms with Crippen molar-refractivity contribution in [2.24, 2.45) is 0 Å². The lowest BCUT2D eigenvalue weighted by Crippen LogP contribution is -2.49. The summed E-state index contributed by atoms with van der Waals surface area (Å²) in [6.07, 6.45) is 2.64. The van der Waals surface area contributed by atoms with Crippen LogP contribution in [0.25, 0.3) is 0 Å². The minimum Gasteiger partial charge on any atom is -0.467 e. The van der Waals surface area contributed by atoms with Gasteiger partial charge < -0.3 is 19.1 Å². The van der Waals surface area contributed by atoms with Gasteiger partial charge in [-0.2, -0.15) is 0 Å². The Morgan fingerprint density at radius 2 is 1.90 bits per heavy atom. The van der Waals surface area contributed by atoms with Crippen molar-refractivity contribution in [2.45, 2.75) is 25.9 Å². The summed E-state index contributed by atoms with van der Waals surface area (Å²) in [5, 5.41) is 0.483. The summed E-state index contributed by atoms with van der Waals surface area (Å²) >= 11 is 6.02. The third-order valence-electron chi connectivity index (χ3n) is 6.23. The van der Waals surface area contributed by atoms with E-state index in [1.54, 1.807) is 18.4 Å². The highest BCUT2D eigenvalue weighted by molar-refractivity contribution is 6.29. The van der Waals surface area contributed by atoms with Gasteiger partial charge in [0.1, 0.15) is 16.7 Å². The number of amides is 1. The Bertz CT molecular complexity index is 1090. The van der Waals surface area contributed by atoms with E-state index in [1.165, 1.54) is 11.3 Å². The van der Waals surface area contributed by atoms with Crippen molar-refractivity contribution in [3.63, 3.8) is 0 Å². The van der Waals surface area contributed by atoms with Gasteiger partial charge in [0.2, 0.25) is 0 Å². The maximum absolute atomic E-state index is 13.3. The molecule has 2 aromatic heterocycles. The number of aromatic nitrogens is 1. The molecule has 5 rings (SSSR count). The summed E-state index contributed by atoms with van der Waals surface area (Å²) in [5.74, 6) is 1.61. The van der Waals surface area contributed by atoms with Crippen molar-refractivity contribution < 1.29 is 9.21 Å². The van der Waals surface area contributed by atoms with E-state index in [0.29, 0.717) is 36.4 Å². The van der Waals surface area contributed by atoms with E-state index in [4.69, 9.17) is 16.0 Å². The molecule has 0 saturated carbocycles. The molecular weight excluding hydrogens is 412 g/mol. The molecular formula is C24H25ClN4O2. The molecule has 0 bridgehead atoms. The highest BCUT2D eigenvalue weighted by atomic mass is 35.5. The minimum absolute atomic E-state index is 0.0302. The number of benzene rings is 1. The molecule has 1 atom stereocenters. The van der Waals surface area contributed by atoms with Crippen molar-refractivity contribution in [1.29, 1.82) is 0 Å². The number of para-hydroxylation sites is 1. The second-order valence-electron chi connectivity index (χ2n) is 8.16. The van der Waals surface area contributed by atoms with Gasteiger partial charge in [0.25, 0.3) is 5.91 Å². The molecule has 160 valence electrons. The van der Waals surface area contributed by atoms with Crippen LogP contribution in [0.4, 0.5) is 11.5 Å². The third-order valence-corrected chi connectivity index (χ3v) is 6.44. The summed E-state index contributed by atoms with van der Waals surface area (Å²) < 4.78 is 5.78. The van der Waals surface area contributed by atoms with Gasteiger partial charge in [-0.15, -0.1) is 0 Å². The topological polar surface area (TPSA) is 52.8 Å². The predicted molar refractivity (Wildman–Crippen MR) is 122 cm³/mol. The second-order valence-corrected chi connectivity index (χ2v) is 8.55. The summed E-state index contributed by atoms with van der Waals surface area (Å²) in [5.41, 5.74) is 3.23. The first-order chi connectivity index (χ1) is 15.1. The van der Waals surface area contributed by atoms with Crippen LogP contribution in [-0.2, 0) is 13.0 Å². The van der Waals surface area contributed by atoms with Gasteiger partial charge in [-0.05, 0) is 43.2 Å². The van der Waals surface area contributed by atoms with E-state index in [-0.39, 0.29) is 5.91 Å². The van der Waals surface area contributed by atoms with Crippen LogP contribution in [0.2, 0.25) is 5.15 Å². The van der Waals surface area contributed by atoms with Crippen molar-refractivity contribution in [3.05, 3.63) is 76.8 Å². The van der Waals surface area contributed by atoms with Gasteiger partial charge in [-0.1, -0.05) is 35.9 Å². The van der Waals surface area contributed by atoms with Crippen LogP contribution in [0.1, 0.15) is 28.6 Å². The standard InChI is InChI=1S/C24H25ClN4O2/c1-17-15-18-5-2-3-6-20(18)29(17)16-21-19(9-14-31-21)24(30)28-12-10-27(11-13-28)23-8-4-7-22(25)26-23/h2-9,14,17H,10-13,15-16H2,1H3. The molecule has 7 heteroatoms. The van der Waals surface area contributed by atoms with E-state index in [0.717, 1.165) is 31.1 Å². The fourth-order valence-electron chi connectivity index (χ4n) is 4.56. The minimum atomic E-state index is 0.0302. The average Bonchev–Trinajstić information content (AvgIpc) is 3.38. The van der Waals surface area contributed by atoms with Gasteiger partial charge in [0, 0.05) is 37.9 Å². The third kappa shape index (κ3) is 3.88. The van der Waals surface area contributed by atoms with Crippen molar-refractivity contribution in [3.8, 4) is 0 Å². The molecule has 3 aromatic rings. The zero-order valence-corrected chi connectivity index (χ0v) is 18.3. The van der Waals surface area contributed by atoms with Gasteiger partial charge >= 0.3 is 0 Å². The molecule has 1 aromatic carbocycles. The van der Waals surface area contributed by atoms with Crippen molar-refractivity contribution in [1.82, 2.24) is 9.88 Å². The van der Waals surface area contributed by atoms with E-state index in [9.17, 15) is 4.79 Å². The van der Waals surface area contributed by atoms with E-state index >= 15 is 0 Å². The number of rotatable bonds is 4. The summed E-state index contributed by atoms with van der Waals surface area (Å²) in [6.45, 7) is 5.54. The van der Waals surface area contributed by atoms with Crippen LogP contribution in [0.3, 0.4) is 0 Å². The number of furan rings is 1. The Balaban J connectivity index is 1.27. The zero-order valence-electron chi connectivity index (χ0n) is 17.5. The lowest BCUT2D eigenvalue weighted by atomic mass is 10.1. The van der Waals surface area contributed by atoms with E-state index in [1.807, 2.05) is 17.0 Å². The number of hydrogen-bond acceptors (Lipinski definition) is 5. The SMILES string of the molecule is CC1Cc2ccccc2N1Cc1occc1C(=O)N1CCN(c2cccc(Cl)n2)CC1. The van der Waals surface area contributed by atoms with Crippen LogP contribution in [0.5, 0.6) is 0 Å². The molecule has 0 radical (unpaired) electrons. The quantitative estimate of drug-likeness (QED) is 0.572. The number of pyridine rings is 1. The Hall–Kier alpha value is -2.99. The molecule has 1 amide bonds. The zero-order chi connectivity index (χ0) is 21.4. The maximum Gasteiger partial charge on any atom is 0.257 e. The molecule has 0 N–H and O–H groups in total. The first-order valence-corrected chi connectivity index (χ1v) is 11.1. The highest BCUT2D eigenvalue weighted by Gasteiger charge is 2.30. The number of anilines is 2. The van der Waals surface area contributed by atoms with E-state index < -0.39 is 0 Å². The fourth-order valence-corrected chi connectivity index (χ4v) is 4.72. The number of nitrogens with zero attached hydrogens (tertiary/aromatic N) is 4. The number of halogens is 1. The molecule has 1 saturated heterocycles. The summed E-state index contributed by atoms with van der Waals surface area (Å²) in [4.78, 5) is 24.0. The largest absolute Gasteiger partial charge is 0.467 e. The molecule has 6 nitrogen and oxygen atoms in total. The average molecular weight is 437 g/mol. The first kappa shape index (κ1) is 19.9. The molecule has 2 aliphatic rings. The second kappa shape index (κ2) is 8.27. The number of piperazine rings is 1. The van der Waals surface area contributed by atoms with Crippen molar-refractivity contribution in [2.75, 3.05) is 36.0 Å². The molecule has 0 aliphatic carbocycles. The lowest BCUT2D eigenvalue weighted by Gasteiger charge is -2.35. The number of carbonyl (C=O) groups is 1. The Morgan fingerprint density at radius 1 is 1.10 bits per heavy atom. The van der Waals surface area contributed by atoms with Crippen LogP contribution in [-0.4, -0.2) is 48.0 Å². The lowest BCUT2D eigenvalue weighted by molar-refractivity contribution is 0.0744. The smallest absolute Gasteiger partial charge is 0.257 e. The highest BCUT2D eigenvalue weighted by Crippen LogP contribution is 2.33. The molecule has 2 aliphatic heterocycles. The maximum atomic E-state index is 13.3.